The molecule has 1 atom stereocenters. The Morgan fingerprint density at radius 2 is 1.70 bits per heavy atom. The second kappa shape index (κ2) is 12.4. The molecule has 2 amide bonds. The molecule has 5 rings (SSSR count). The average molecular weight is 542 g/mol. The topological polar surface area (TPSA) is 120 Å². The number of benzene rings is 3. The molecule has 1 aliphatic rings. The van der Waals surface area contributed by atoms with Crippen LogP contribution in [-0.4, -0.2) is 53.4 Å². The fourth-order valence-corrected chi connectivity index (χ4v) is 4.51. The van der Waals surface area contributed by atoms with Crippen LogP contribution in [0.25, 0.3) is 10.9 Å². The molecule has 0 saturated carbocycles. The summed E-state index contributed by atoms with van der Waals surface area (Å²) < 4.78 is 24.9. The molecule has 0 radical (unpaired) electrons. The maximum atomic E-state index is 13.0. The Balaban J connectivity index is 1.24. The summed E-state index contributed by atoms with van der Waals surface area (Å²) in [6, 6.07) is 19.0. The largest absolute Gasteiger partial charge is 0.489 e. The molecule has 9 nitrogen and oxygen atoms in total. The molecule has 1 saturated heterocycles. The number of fused-ring (bicyclic) bond motifs is 1. The number of hydrogen-bond acceptors (Lipinski definition) is 7. The Morgan fingerprint density at radius 3 is 2.38 bits per heavy atom. The highest BCUT2D eigenvalue weighted by atomic mass is 19.1. The van der Waals surface area contributed by atoms with Crippen molar-refractivity contribution in [3.63, 3.8) is 0 Å². The smallest absolute Gasteiger partial charge is 0.323 e. The monoisotopic (exact) mass is 541 g/mol. The number of nitrogens with zero attached hydrogens (tertiary/aromatic N) is 3. The number of amides is 2. The Morgan fingerprint density at radius 1 is 1.02 bits per heavy atom. The molecule has 3 N–H and O–H groups in total. The molecule has 0 aliphatic carbocycles. The van der Waals surface area contributed by atoms with Crippen molar-refractivity contribution in [2.75, 3.05) is 36.9 Å². The first-order chi connectivity index (χ1) is 19.5. The van der Waals surface area contributed by atoms with Gasteiger partial charge in [-0.25, -0.2) is 9.18 Å². The van der Waals surface area contributed by atoms with Crippen LogP contribution >= 0.6 is 0 Å². The average Bonchev–Trinajstić information content (AvgIpc) is 3.47. The molecule has 4 aromatic rings. The summed E-state index contributed by atoms with van der Waals surface area (Å²) in [4.78, 5) is 18.8. The van der Waals surface area contributed by atoms with Gasteiger partial charge in [0.1, 0.15) is 41.8 Å². The molecule has 10 heteroatoms. The van der Waals surface area contributed by atoms with E-state index >= 15 is 0 Å². The van der Waals surface area contributed by atoms with Crippen LogP contribution < -0.4 is 20.1 Å². The zero-order chi connectivity index (χ0) is 27.9. The van der Waals surface area contributed by atoms with Crippen LogP contribution in [-0.2, 0) is 0 Å². The fraction of sp³-hybridized carbons (Fsp3) is 0.233. The number of ether oxygens (including phenoxy) is 2. The van der Waals surface area contributed by atoms with E-state index in [1.165, 1.54) is 24.3 Å². The van der Waals surface area contributed by atoms with Crippen LogP contribution in [0.4, 0.5) is 20.6 Å². The zero-order valence-corrected chi connectivity index (χ0v) is 21.6. The third kappa shape index (κ3) is 6.83. The summed E-state index contributed by atoms with van der Waals surface area (Å²) in [6.45, 7) is 2.58. The highest BCUT2D eigenvalue weighted by Gasteiger charge is 2.18. The van der Waals surface area contributed by atoms with Crippen molar-refractivity contribution >= 4 is 28.3 Å². The Labute approximate surface area is 230 Å². The number of aliphatic hydroxyl groups excluding tert-OH is 1. The summed E-state index contributed by atoms with van der Waals surface area (Å²) in [5.74, 6) is 0.983. The molecule has 0 bridgehead atoms. The molecule has 0 spiro atoms. The highest BCUT2D eigenvalue weighted by molar-refractivity contribution is 5.99. The molecule has 1 aromatic heterocycles. The summed E-state index contributed by atoms with van der Waals surface area (Å²) in [6.07, 6.45) is 3.23. The minimum Gasteiger partial charge on any atom is -0.489 e. The van der Waals surface area contributed by atoms with Gasteiger partial charge in [0.05, 0.1) is 11.1 Å². The van der Waals surface area contributed by atoms with E-state index in [0.717, 1.165) is 25.9 Å². The van der Waals surface area contributed by atoms with Crippen LogP contribution in [0, 0.1) is 17.1 Å². The third-order valence-electron chi connectivity index (χ3n) is 6.46. The van der Waals surface area contributed by atoms with Crippen LogP contribution in [0.3, 0.4) is 0 Å². The number of halogens is 1. The zero-order valence-electron chi connectivity index (χ0n) is 21.6. The normalized spacial score (nSPS) is 13.9. The molecule has 204 valence electrons. The second-order valence-electron chi connectivity index (χ2n) is 9.47. The van der Waals surface area contributed by atoms with Gasteiger partial charge in [0, 0.05) is 35.6 Å². The predicted molar refractivity (Wildman–Crippen MR) is 149 cm³/mol. The van der Waals surface area contributed by atoms with Crippen LogP contribution in [0.2, 0.25) is 0 Å². The molecular formula is C30H28FN5O4. The maximum absolute atomic E-state index is 13.0. The van der Waals surface area contributed by atoms with Gasteiger partial charge in [-0.15, -0.1) is 0 Å². The molecule has 1 aliphatic heterocycles. The van der Waals surface area contributed by atoms with Gasteiger partial charge < -0.3 is 30.1 Å². The predicted octanol–water partition coefficient (Wildman–Crippen LogP) is 5.52. The van der Waals surface area contributed by atoms with Crippen molar-refractivity contribution in [1.82, 2.24) is 9.88 Å². The number of hydrogen-bond donors (Lipinski definition) is 3. The number of urea groups is 1. The SMILES string of the molecule is N#Cc1cc2c(Oc3ccc(NC(=O)Nc4ccc(F)cc4)cc3)ccnc2cc1OC[C@@H](O)CN1CCCC1. The van der Waals surface area contributed by atoms with E-state index in [-0.39, 0.29) is 12.4 Å². The fourth-order valence-electron chi connectivity index (χ4n) is 4.51. The van der Waals surface area contributed by atoms with Crippen molar-refractivity contribution in [3.05, 3.63) is 84.3 Å². The van der Waals surface area contributed by atoms with Crippen molar-refractivity contribution in [2.45, 2.75) is 18.9 Å². The number of aliphatic hydroxyl groups is 1. The molecule has 2 heterocycles. The molecule has 0 unspecified atom stereocenters. The summed E-state index contributed by atoms with van der Waals surface area (Å²) in [7, 11) is 0. The number of aromatic nitrogens is 1. The quantitative estimate of drug-likeness (QED) is 0.255. The number of pyridine rings is 1. The lowest BCUT2D eigenvalue weighted by molar-refractivity contribution is 0.0758. The highest BCUT2D eigenvalue weighted by Crippen LogP contribution is 2.33. The number of nitriles is 1. The van der Waals surface area contributed by atoms with Crippen molar-refractivity contribution in [1.29, 1.82) is 5.26 Å². The van der Waals surface area contributed by atoms with Gasteiger partial charge in [-0.2, -0.15) is 5.26 Å². The molecule has 1 fully saturated rings. The van der Waals surface area contributed by atoms with Crippen LogP contribution in [0.15, 0.2) is 72.9 Å². The van der Waals surface area contributed by atoms with Gasteiger partial charge in [-0.3, -0.25) is 4.98 Å². The summed E-state index contributed by atoms with van der Waals surface area (Å²) in [5.41, 5.74) is 1.89. The number of carbonyl (C=O) groups excluding carboxylic acids is 1. The Hall–Kier alpha value is -4.72. The number of likely N-dealkylation sites (tertiary alicyclic amines) is 1. The molecule has 3 aromatic carbocycles. The van der Waals surface area contributed by atoms with E-state index in [1.807, 2.05) is 0 Å². The number of nitrogens with one attached hydrogen (secondary N) is 2. The first-order valence-corrected chi connectivity index (χ1v) is 12.9. The lowest BCUT2D eigenvalue weighted by Crippen LogP contribution is -2.33. The summed E-state index contributed by atoms with van der Waals surface area (Å²) in [5, 5.41) is 26.1. The van der Waals surface area contributed by atoms with Gasteiger partial charge in [0.2, 0.25) is 0 Å². The van der Waals surface area contributed by atoms with E-state index in [1.54, 1.807) is 48.7 Å². The molecular weight excluding hydrogens is 513 g/mol. The van der Waals surface area contributed by atoms with Crippen molar-refractivity contribution in [2.24, 2.45) is 0 Å². The van der Waals surface area contributed by atoms with Crippen molar-refractivity contribution < 1.29 is 23.8 Å². The van der Waals surface area contributed by atoms with E-state index in [0.29, 0.717) is 51.6 Å². The van der Waals surface area contributed by atoms with Gasteiger partial charge in [0.25, 0.3) is 0 Å². The van der Waals surface area contributed by atoms with Crippen LogP contribution in [0.5, 0.6) is 17.2 Å². The Bertz CT molecular complexity index is 1520. The number of anilines is 2. The number of β-amino-alcohol motifs (C(OH)–C–C–N with tert-alkyl or cyclic N) is 1. The van der Waals surface area contributed by atoms with Gasteiger partial charge in [0.15, 0.2) is 0 Å². The lowest BCUT2D eigenvalue weighted by Gasteiger charge is -2.20. The van der Waals surface area contributed by atoms with E-state index in [4.69, 9.17) is 9.47 Å². The minimum absolute atomic E-state index is 0.0786. The van der Waals surface area contributed by atoms with Crippen LogP contribution in [0.1, 0.15) is 18.4 Å². The van der Waals surface area contributed by atoms with Gasteiger partial charge in [-0.05, 0) is 86.6 Å². The number of carbonyl (C=O) groups is 1. The molecule has 40 heavy (non-hydrogen) atoms. The van der Waals surface area contributed by atoms with E-state index in [9.17, 15) is 19.6 Å². The third-order valence-corrected chi connectivity index (χ3v) is 6.46. The van der Waals surface area contributed by atoms with E-state index in [2.05, 4.69) is 26.6 Å². The standard InChI is InChI=1S/C30H28FN5O4/c31-21-3-5-22(6-4-21)34-30(38)35-23-7-9-25(10-8-23)40-28-11-12-33-27-16-29(20(17-32)15-26(27)28)39-19-24(37)18-36-13-1-2-14-36/h3-12,15-16,24,37H,1-2,13-14,18-19H2,(H2,34,35,38)/t24-/m0/s1. The summed E-state index contributed by atoms with van der Waals surface area (Å²) >= 11 is 0. The second-order valence-corrected chi connectivity index (χ2v) is 9.47. The first kappa shape index (κ1) is 26.9. The first-order valence-electron chi connectivity index (χ1n) is 12.9. The minimum atomic E-state index is -0.658. The van der Waals surface area contributed by atoms with Gasteiger partial charge in [-0.1, -0.05) is 0 Å². The van der Waals surface area contributed by atoms with E-state index < -0.39 is 12.1 Å². The Kier molecular flexibility index (Phi) is 8.35. The number of rotatable bonds is 9. The maximum Gasteiger partial charge on any atom is 0.323 e. The van der Waals surface area contributed by atoms with Crippen molar-refractivity contribution in [3.8, 4) is 23.3 Å². The lowest BCUT2D eigenvalue weighted by atomic mass is 10.1. The van der Waals surface area contributed by atoms with Gasteiger partial charge >= 0.3 is 6.03 Å².